The fourth-order valence-electron chi connectivity index (χ4n) is 6.00. The van der Waals surface area contributed by atoms with Gasteiger partial charge in [-0.2, -0.15) is 5.10 Å². The molecule has 224 valence electrons. The number of hydrogen-bond acceptors (Lipinski definition) is 7. The summed E-state index contributed by atoms with van der Waals surface area (Å²) in [7, 11) is 0. The lowest BCUT2D eigenvalue weighted by atomic mass is 9.90. The van der Waals surface area contributed by atoms with Crippen LogP contribution in [-0.4, -0.2) is 50.3 Å². The van der Waals surface area contributed by atoms with Crippen molar-refractivity contribution >= 4 is 46.1 Å². The van der Waals surface area contributed by atoms with Crippen molar-refractivity contribution in [3.8, 4) is 11.3 Å². The van der Waals surface area contributed by atoms with Crippen LogP contribution in [0.3, 0.4) is 0 Å². The Kier molecular flexibility index (Phi) is 8.34. The van der Waals surface area contributed by atoms with Crippen molar-refractivity contribution in [2.45, 2.75) is 63.6 Å². The van der Waals surface area contributed by atoms with Crippen LogP contribution in [0.1, 0.15) is 67.4 Å². The number of fused-ring (bicyclic) bond motifs is 3. The van der Waals surface area contributed by atoms with Crippen LogP contribution in [0, 0.1) is 6.57 Å². The summed E-state index contributed by atoms with van der Waals surface area (Å²) in [6.07, 6.45) is 11.8. The minimum atomic E-state index is -0.336. The highest BCUT2D eigenvalue weighted by Gasteiger charge is 2.29. The summed E-state index contributed by atoms with van der Waals surface area (Å²) in [5, 5.41) is 11.9. The molecular formula is C33H34N8O3. The predicted octanol–water partition coefficient (Wildman–Crippen LogP) is 5.69. The highest BCUT2D eigenvalue weighted by atomic mass is 16.5. The van der Waals surface area contributed by atoms with E-state index in [1.807, 2.05) is 25.1 Å². The van der Waals surface area contributed by atoms with E-state index in [1.54, 1.807) is 24.4 Å². The number of benzene rings is 1. The second kappa shape index (κ2) is 12.7. The van der Waals surface area contributed by atoms with Crippen molar-refractivity contribution in [2.24, 2.45) is 0 Å². The number of hydrogen-bond donors (Lipinski definition) is 3. The molecule has 2 amide bonds. The Labute approximate surface area is 255 Å². The van der Waals surface area contributed by atoms with Gasteiger partial charge in [0, 0.05) is 35.1 Å². The lowest BCUT2D eigenvalue weighted by molar-refractivity contribution is -0.124. The number of carbonyl (C=O) groups excluding carboxylic acids is 2. The van der Waals surface area contributed by atoms with Gasteiger partial charge in [0.05, 0.1) is 42.6 Å². The quantitative estimate of drug-likeness (QED) is 0.260. The monoisotopic (exact) mass is 590 g/mol. The zero-order chi connectivity index (χ0) is 30.6. The minimum absolute atomic E-state index is 0.00714. The second-order valence-corrected chi connectivity index (χ2v) is 11.3. The molecule has 2 aliphatic rings. The number of rotatable bonds is 3. The standard InChI is InChI=1S/C33H34N8O3/c1-20-16-28(42)38-25-7-5-8-26(17-25)41-31-23(6-3-4-15-44-20)19-37-32(34)29(31)30(40-41)21-9-11-22(12-10-21)33(43)39-27-18-24(35-2)13-14-36-27/h3,6,9-14,18-20,25-26H,4-5,7-8,15-17H2,1H3,(H2,34,37)(H,38,42)(H,36,39,43)/b6-3+/t20-,25+,26+/m0/s1. The first-order valence-corrected chi connectivity index (χ1v) is 14.9. The van der Waals surface area contributed by atoms with Gasteiger partial charge in [0.15, 0.2) is 5.69 Å². The van der Waals surface area contributed by atoms with E-state index in [0.29, 0.717) is 48.0 Å². The summed E-state index contributed by atoms with van der Waals surface area (Å²) in [5.41, 5.74) is 10.7. The molecule has 4 heterocycles. The van der Waals surface area contributed by atoms with Gasteiger partial charge in [0.25, 0.3) is 5.91 Å². The number of anilines is 2. The fourth-order valence-corrected chi connectivity index (χ4v) is 6.00. The SMILES string of the molecule is [C-]#[N+]c1ccnc(NC(=O)c2ccc(-c3nn4c5c(cnc(N)c35)/C=C/CCO[C@@H](C)CC(=O)N[C@@H]3CCC[C@@H]4C3)cc2)c1. The summed E-state index contributed by atoms with van der Waals surface area (Å²) >= 11 is 0. The molecule has 44 heavy (non-hydrogen) atoms. The zero-order valence-electron chi connectivity index (χ0n) is 24.5. The molecule has 1 aliphatic heterocycles. The van der Waals surface area contributed by atoms with Crippen LogP contribution in [0.2, 0.25) is 0 Å². The Morgan fingerprint density at radius 3 is 2.86 bits per heavy atom. The van der Waals surface area contributed by atoms with E-state index in [4.69, 9.17) is 22.1 Å². The second-order valence-electron chi connectivity index (χ2n) is 11.3. The number of aromatic nitrogens is 4. The van der Waals surface area contributed by atoms with E-state index >= 15 is 0 Å². The predicted molar refractivity (Wildman–Crippen MR) is 169 cm³/mol. The topological polar surface area (TPSA) is 141 Å². The number of nitrogens with two attached hydrogens (primary N) is 1. The van der Waals surface area contributed by atoms with Crippen molar-refractivity contribution in [2.75, 3.05) is 17.7 Å². The van der Waals surface area contributed by atoms with Gasteiger partial charge in [0.2, 0.25) is 5.91 Å². The van der Waals surface area contributed by atoms with Crippen molar-refractivity contribution < 1.29 is 14.3 Å². The van der Waals surface area contributed by atoms with E-state index in [9.17, 15) is 9.59 Å². The van der Waals surface area contributed by atoms with Gasteiger partial charge in [-0.25, -0.2) is 14.8 Å². The van der Waals surface area contributed by atoms with Crippen LogP contribution < -0.4 is 16.4 Å². The first-order valence-electron chi connectivity index (χ1n) is 14.9. The van der Waals surface area contributed by atoms with E-state index in [2.05, 4.69) is 36.2 Å². The molecule has 11 heteroatoms. The van der Waals surface area contributed by atoms with Crippen molar-refractivity contribution in [1.82, 2.24) is 25.1 Å². The smallest absolute Gasteiger partial charge is 0.256 e. The Hall–Kier alpha value is -5.08. The van der Waals surface area contributed by atoms with Crippen LogP contribution in [0.25, 0.3) is 33.1 Å². The van der Waals surface area contributed by atoms with E-state index in [-0.39, 0.29) is 30.0 Å². The van der Waals surface area contributed by atoms with Crippen LogP contribution in [0.15, 0.2) is 54.9 Å². The lowest BCUT2D eigenvalue weighted by Crippen LogP contribution is -2.40. The van der Waals surface area contributed by atoms with Gasteiger partial charge in [0.1, 0.15) is 17.3 Å². The van der Waals surface area contributed by atoms with Crippen molar-refractivity contribution in [3.63, 3.8) is 0 Å². The fraction of sp³-hybridized carbons (Fsp3) is 0.333. The molecule has 3 aromatic heterocycles. The minimum Gasteiger partial charge on any atom is -0.383 e. The molecule has 11 nitrogen and oxygen atoms in total. The third kappa shape index (κ3) is 6.16. The summed E-state index contributed by atoms with van der Waals surface area (Å²) in [4.78, 5) is 37.7. The molecule has 0 unspecified atom stereocenters. The average molecular weight is 591 g/mol. The van der Waals surface area contributed by atoms with E-state index in [1.165, 1.54) is 12.3 Å². The maximum Gasteiger partial charge on any atom is 0.256 e. The third-order valence-electron chi connectivity index (χ3n) is 8.13. The number of ether oxygens (including phenoxy) is 1. The maximum absolute atomic E-state index is 12.9. The van der Waals surface area contributed by atoms with Gasteiger partial charge in [-0.1, -0.05) is 24.3 Å². The molecule has 0 spiro atoms. The molecular weight excluding hydrogens is 556 g/mol. The number of amides is 2. The Morgan fingerprint density at radius 1 is 1.20 bits per heavy atom. The molecule has 0 saturated heterocycles. The Balaban J connectivity index is 1.37. The van der Waals surface area contributed by atoms with Crippen LogP contribution in [-0.2, 0) is 9.53 Å². The van der Waals surface area contributed by atoms with E-state index in [0.717, 1.165) is 47.7 Å². The third-order valence-corrected chi connectivity index (χ3v) is 8.13. The molecule has 4 N–H and O–H groups in total. The molecule has 1 aromatic carbocycles. The summed E-state index contributed by atoms with van der Waals surface area (Å²) < 4.78 is 7.94. The number of carbonyl (C=O) groups is 2. The van der Waals surface area contributed by atoms with Gasteiger partial charge >= 0.3 is 0 Å². The molecule has 6 rings (SSSR count). The van der Waals surface area contributed by atoms with Crippen LogP contribution in [0.4, 0.5) is 17.3 Å². The first kappa shape index (κ1) is 29.0. The normalized spacial score (nSPS) is 21.4. The van der Waals surface area contributed by atoms with Crippen LogP contribution in [0.5, 0.6) is 0 Å². The van der Waals surface area contributed by atoms with Gasteiger partial charge in [-0.05, 0) is 63.3 Å². The van der Waals surface area contributed by atoms with Gasteiger partial charge in [-0.3, -0.25) is 14.3 Å². The molecule has 3 atom stereocenters. The Bertz CT molecular complexity index is 1770. The molecule has 1 saturated carbocycles. The van der Waals surface area contributed by atoms with Crippen molar-refractivity contribution in [3.05, 3.63) is 77.4 Å². The van der Waals surface area contributed by atoms with Crippen LogP contribution >= 0.6 is 0 Å². The maximum atomic E-state index is 12.9. The molecule has 4 aromatic rings. The highest BCUT2D eigenvalue weighted by Crippen LogP contribution is 2.39. The highest BCUT2D eigenvalue weighted by molar-refractivity contribution is 6.06. The number of pyridine rings is 2. The summed E-state index contributed by atoms with van der Waals surface area (Å²) in [6.45, 7) is 9.62. The molecule has 1 fully saturated rings. The molecule has 0 radical (unpaired) electrons. The molecule has 1 aliphatic carbocycles. The van der Waals surface area contributed by atoms with Gasteiger partial charge < -0.3 is 21.1 Å². The zero-order valence-corrected chi connectivity index (χ0v) is 24.5. The number of nitrogen functional groups attached to an aromatic ring is 1. The largest absolute Gasteiger partial charge is 0.383 e. The van der Waals surface area contributed by atoms with Gasteiger partial charge in [-0.15, -0.1) is 0 Å². The van der Waals surface area contributed by atoms with E-state index < -0.39 is 0 Å². The number of nitrogens with zero attached hydrogens (tertiary/aromatic N) is 5. The number of nitrogens with one attached hydrogen (secondary N) is 2. The summed E-state index contributed by atoms with van der Waals surface area (Å²) in [5.74, 6) is 0.359. The average Bonchev–Trinajstić information content (AvgIpc) is 3.43. The summed E-state index contributed by atoms with van der Waals surface area (Å²) in [6, 6.07) is 10.4. The lowest BCUT2D eigenvalue weighted by Gasteiger charge is -2.31. The van der Waals surface area contributed by atoms with Crippen molar-refractivity contribution in [1.29, 1.82) is 0 Å². The Morgan fingerprint density at radius 2 is 2.05 bits per heavy atom. The first-order chi connectivity index (χ1) is 21.4. The molecule has 2 bridgehead atoms.